The molecule has 0 N–H and O–H groups in total. The highest BCUT2D eigenvalue weighted by atomic mass is 15.2. The third-order valence-electron chi connectivity index (χ3n) is 21.5. The van der Waals surface area contributed by atoms with Gasteiger partial charge in [-0.25, -0.2) is 0 Å². The van der Waals surface area contributed by atoms with Crippen molar-refractivity contribution in [1.82, 2.24) is 0 Å². The monoisotopic (exact) mass is 1350 g/mol. The van der Waals surface area contributed by atoms with Gasteiger partial charge in [-0.15, -0.1) is 0 Å². The summed E-state index contributed by atoms with van der Waals surface area (Å²) in [6.45, 7) is 18.2. The minimum absolute atomic E-state index is 0.999. The van der Waals surface area contributed by atoms with Crippen LogP contribution < -0.4 is 9.80 Å². The lowest BCUT2D eigenvalue weighted by molar-refractivity contribution is 0.779. The van der Waals surface area contributed by atoms with Crippen molar-refractivity contribution < 1.29 is 0 Å². The van der Waals surface area contributed by atoms with Crippen LogP contribution in [-0.4, -0.2) is 0 Å². The molecule has 0 fully saturated rings. The van der Waals surface area contributed by atoms with Gasteiger partial charge in [-0.2, -0.15) is 0 Å². The quantitative estimate of drug-likeness (QED) is 0.0439. The molecule has 0 amide bonds. The molecule has 15 aromatic rings. The summed E-state index contributed by atoms with van der Waals surface area (Å²) in [4.78, 5) is 5.38. The summed E-state index contributed by atoms with van der Waals surface area (Å²) in [5, 5.41) is 14.7. The zero-order valence-corrected chi connectivity index (χ0v) is 62.1. The van der Waals surface area contributed by atoms with E-state index in [0.717, 1.165) is 88.4 Å². The van der Waals surface area contributed by atoms with Crippen molar-refractivity contribution in [3.8, 4) is 22.3 Å². The Labute approximate surface area is 617 Å². The van der Waals surface area contributed by atoms with E-state index in [0.29, 0.717) is 0 Å². The highest BCUT2D eigenvalue weighted by molar-refractivity contribution is 6.34. The molecule has 0 saturated carbocycles. The maximum absolute atomic E-state index is 2.69. The van der Waals surface area contributed by atoms with Crippen LogP contribution in [0.3, 0.4) is 0 Å². The van der Waals surface area contributed by atoms with Crippen molar-refractivity contribution in [3.05, 3.63) is 334 Å². The Kier molecular flexibility index (Phi) is 20.4. The Morgan fingerprint density at radius 3 is 0.644 bits per heavy atom. The number of rotatable bonds is 24. The molecule has 104 heavy (non-hydrogen) atoms. The highest BCUT2D eigenvalue weighted by Gasteiger charge is 2.31. The van der Waals surface area contributed by atoms with Crippen LogP contribution in [0.1, 0.15) is 146 Å². The number of hydrogen-bond acceptors (Lipinski definition) is 2. The molecule has 2 heteroatoms. The summed E-state index contributed by atoms with van der Waals surface area (Å²) < 4.78 is 0. The topological polar surface area (TPSA) is 6.48 Å². The molecule has 0 heterocycles. The summed E-state index contributed by atoms with van der Waals surface area (Å²) in [5.74, 6) is 0. The molecule has 2 nitrogen and oxygen atoms in total. The SMILES string of the molecule is CCCCc1cc(C)cc(CCCC)c1N(c1ccc(/C=C/c2ccc(C)cc2)cc1)c1c2ccccc2c(-c2c3ccccc3c(-c3c4ccccc4c(N(c4ccc(/C=C/c5ccc(C)cc5)cc4)c4c(CCCC)cc(C)cc4CCCC)c4ccccc34)c3ccccc23)c2ccccc12. The van der Waals surface area contributed by atoms with Crippen molar-refractivity contribution in [2.24, 2.45) is 0 Å². The van der Waals surface area contributed by atoms with Gasteiger partial charge in [0.15, 0.2) is 0 Å². The van der Waals surface area contributed by atoms with Crippen LogP contribution in [0.15, 0.2) is 267 Å². The second-order valence-electron chi connectivity index (χ2n) is 29.1. The van der Waals surface area contributed by atoms with Gasteiger partial charge >= 0.3 is 0 Å². The van der Waals surface area contributed by atoms with Crippen LogP contribution in [0.4, 0.5) is 34.1 Å². The van der Waals surface area contributed by atoms with E-state index in [2.05, 4.69) is 356 Å². The molecule has 0 aliphatic carbocycles. The largest absolute Gasteiger partial charge is 0.309 e. The van der Waals surface area contributed by atoms with Gasteiger partial charge in [0.05, 0.1) is 22.7 Å². The van der Waals surface area contributed by atoms with Crippen molar-refractivity contribution in [2.75, 3.05) is 9.80 Å². The lowest BCUT2D eigenvalue weighted by Crippen LogP contribution is -2.16. The minimum atomic E-state index is 0.999. The van der Waals surface area contributed by atoms with Gasteiger partial charge in [0, 0.05) is 32.9 Å². The summed E-state index contributed by atoms with van der Waals surface area (Å²) in [6.07, 6.45) is 21.9. The Balaban J connectivity index is 0.983. The molecule has 0 aliphatic heterocycles. The number of hydrogen-bond donors (Lipinski definition) is 0. The predicted molar refractivity (Wildman–Crippen MR) is 456 cm³/mol. The number of fused-ring (bicyclic) bond motifs is 6. The van der Waals surface area contributed by atoms with Crippen molar-refractivity contribution >= 4 is 123 Å². The van der Waals surface area contributed by atoms with E-state index >= 15 is 0 Å². The lowest BCUT2D eigenvalue weighted by Gasteiger charge is -2.34. The molecular weight excluding hydrogens is 1250 g/mol. The van der Waals surface area contributed by atoms with Gasteiger partial charge in [0.1, 0.15) is 0 Å². The van der Waals surface area contributed by atoms with Crippen molar-refractivity contribution in [2.45, 2.75) is 132 Å². The van der Waals surface area contributed by atoms with E-state index in [1.54, 1.807) is 0 Å². The maximum Gasteiger partial charge on any atom is 0.0619 e. The van der Waals surface area contributed by atoms with E-state index in [4.69, 9.17) is 0 Å². The molecule has 0 saturated heterocycles. The van der Waals surface area contributed by atoms with Crippen LogP contribution >= 0.6 is 0 Å². The number of unbranched alkanes of at least 4 members (excludes halogenated alkanes) is 4. The number of nitrogens with zero attached hydrogens (tertiary/aromatic N) is 2. The fraction of sp³-hybridized carbons (Fsp3) is 0.196. The molecule has 0 spiro atoms. The van der Waals surface area contributed by atoms with Gasteiger partial charge in [0.2, 0.25) is 0 Å². The fourth-order valence-electron chi connectivity index (χ4n) is 16.5. The number of aryl methyl sites for hydroxylation is 8. The van der Waals surface area contributed by atoms with Crippen LogP contribution in [0.2, 0.25) is 0 Å². The second kappa shape index (κ2) is 30.9. The van der Waals surface area contributed by atoms with Crippen LogP contribution in [0.25, 0.3) is 111 Å². The lowest BCUT2D eigenvalue weighted by atomic mass is 9.80. The Morgan fingerprint density at radius 2 is 0.423 bits per heavy atom. The van der Waals surface area contributed by atoms with Crippen molar-refractivity contribution in [3.63, 3.8) is 0 Å². The summed E-state index contributed by atoms with van der Waals surface area (Å²) in [5.41, 5.74) is 28.0. The second-order valence-corrected chi connectivity index (χ2v) is 29.1. The van der Waals surface area contributed by atoms with E-state index in [1.165, 1.54) is 176 Å². The van der Waals surface area contributed by atoms with E-state index < -0.39 is 0 Å². The van der Waals surface area contributed by atoms with Crippen LogP contribution in [-0.2, 0) is 25.7 Å². The first-order chi connectivity index (χ1) is 51.1. The van der Waals surface area contributed by atoms with Gasteiger partial charge in [-0.3, -0.25) is 0 Å². The zero-order valence-electron chi connectivity index (χ0n) is 62.1. The van der Waals surface area contributed by atoms with Crippen LogP contribution in [0.5, 0.6) is 0 Å². The summed E-state index contributed by atoms with van der Waals surface area (Å²) >= 11 is 0. The smallest absolute Gasteiger partial charge is 0.0619 e. The maximum atomic E-state index is 2.69. The minimum Gasteiger partial charge on any atom is -0.309 e. The van der Waals surface area contributed by atoms with Gasteiger partial charge in [-0.05, 0) is 213 Å². The van der Waals surface area contributed by atoms with Crippen LogP contribution in [0, 0.1) is 27.7 Å². The van der Waals surface area contributed by atoms with Gasteiger partial charge in [-0.1, -0.05) is 343 Å². The first kappa shape index (κ1) is 68.7. The Bertz CT molecular complexity index is 5110. The predicted octanol–water partition coefficient (Wildman–Crippen LogP) is 29.8. The molecule has 0 radical (unpaired) electrons. The van der Waals surface area contributed by atoms with Gasteiger partial charge < -0.3 is 9.80 Å². The Hall–Kier alpha value is -11.1. The molecule has 15 rings (SSSR count). The van der Waals surface area contributed by atoms with Gasteiger partial charge in [0.25, 0.3) is 0 Å². The fourth-order valence-corrected chi connectivity index (χ4v) is 16.5. The molecule has 0 unspecified atom stereocenters. The molecule has 0 aromatic heterocycles. The third kappa shape index (κ3) is 13.6. The third-order valence-corrected chi connectivity index (χ3v) is 21.5. The average molecular weight is 1350 g/mol. The van der Waals surface area contributed by atoms with Crippen molar-refractivity contribution in [1.29, 1.82) is 0 Å². The van der Waals surface area contributed by atoms with E-state index in [9.17, 15) is 0 Å². The molecule has 0 bridgehead atoms. The first-order valence-electron chi connectivity index (χ1n) is 38.5. The number of anilines is 6. The van der Waals surface area contributed by atoms with E-state index in [-0.39, 0.29) is 0 Å². The molecule has 0 atom stereocenters. The average Bonchev–Trinajstić information content (AvgIpc) is 0.703. The summed E-state index contributed by atoms with van der Waals surface area (Å²) in [6, 6.07) is 102. The molecular formula is C102H96N2. The number of benzene rings is 15. The summed E-state index contributed by atoms with van der Waals surface area (Å²) in [7, 11) is 0. The standard InChI is InChI=1S/C102H96N2/c1-9-13-29-77-65-71(7)66-78(30-14-10-2)99(77)103(81-61-57-75(58-62-81)55-53-73-49-45-69(5)46-50-73)101-91-41-25-21-37-87(91)97(88-38-22-26-42-92(88)101)95-83-33-17-19-35-85(83)96(86-36-20-18-34-84(86)95)98-89-39-23-27-43-93(89)102(94-44-28-24-40-90(94)98)104(100-79(31-15-11-3)67-72(8)68-80(100)32-16-12-4)82-63-59-76(60-64-82)56-54-74-51-47-70(6)48-52-74/h17-28,33-68H,9-16,29-32H2,1-8H3/b55-53+,56-54+. The van der Waals surface area contributed by atoms with E-state index in [1.807, 2.05) is 0 Å². The Morgan fingerprint density at radius 1 is 0.221 bits per heavy atom. The molecule has 514 valence electrons. The molecule has 15 aromatic carbocycles. The first-order valence-corrected chi connectivity index (χ1v) is 38.5. The normalized spacial score (nSPS) is 11.8. The zero-order chi connectivity index (χ0) is 71.2. The highest BCUT2D eigenvalue weighted by Crippen LogP contribution is 2.57. The molecule has 0 aliphatic rings.